The molecule has 1 heterocycles. The average molecular weight is 351 g/mol. The summed E-state index contributed by atoms with van der Waals surface area (Å²) in [5.41, 5.74) is 0.567. The van der Waals surface area contributed by atoms with Crippen LogP contribution in [0.2, 0.25) is 24.2 Å². The van der Waals surface area contributed by atoms with Crippen molar-refractivity contribution in [2.75, 3.05) is 13.1 Å². The van der Waals surface area contributed by atoms with E-state index in [1.54, 1.807) is 16.8 Å². The Morgan fingerprint density at radius 1 is 1.21 bits per heavy atom. The third-order valence-corrected chi connectivity index (χ3v) is 10.9. The number of hydrogen-bond acceptors (Lipinski definition) is 2. The van der Waals surface area contributed by atoms with Gasteiger partial charge in [-0.25, -0.2) is 0 Å². The molecule has 0 spiro atoms. The van der Waals surface area contributed by atoms with Crippen LogP contribution in [0.15, 0.2) is 23.1 Å². The van der Waals surface area contributed by atoms with Crippen molar-refractivity contribution in [1.29, 1.82) is 0 Å². The minimum atomic E-state index is -1.41. The third kappa shape index (κ3) is 5.07. The van der Waals surface area contributed by atoms with E-state index in [0.29, 0.717) is 23.7 Å². The van der Waals surface area contributed by atoms with Crippen molar-refractivity contribution in [3.05, 3.63) is 34.2 Å². The fourth-order valence-electron chi connectivity index (χ4n) is 2.45. The van der Waals surface area contributed by atoms with Gasteiger partial charge in [0.05, 0.1) is 13.6 Å². The predicted molar refractivity (Wildman–Crippen MR) is 105 cm³/mol. The number of amides is 1. The van der Waals surface area contributed by atoms with E-state index in [0.717, 1.165) is 19.0 Å². The molecule has 0 aliphatic rings. The zero-order valence-electron chi connectivity index (χ0n) is 16.5. The number of hydrogen-bond donors (Lipinski definition) is 0. The van der Waals surface area contributed by atoms with Gasteiger partial charge in [-0.3, -0.25) is 9.59 Å². The Labute approximate surface area is 147 Å². The minimum Gasteiger partial charge on any atom is -0.339 e. The molecular weight excluding hydrogens is 316 g/mol. The van der Waals surface area contributed by atoms with Gasteiger partial charge in [-0.1, -0.05) is 40.8 Å². The molecule has 0 radical (unpaired) electrons. The van der Waals surface area contributed by atoms with Crippen molar-refractivity contribution in [3.8, 4) is 0 Å². The lowest BCUT2D eigenvalue weighted by Gasteiger charge is -2.38. The monoisotopic (exact) mass is 350 g/mol. The number of nitrogens with zero attached hydrogens (tertiary/aromatic N) is 2. The van der Waals surface area contributed by atoms with Crippen molar-refractivity contribution < 1.29 is 4.79 Å². The van der Waals surface area contributed by atoms with Crippen molar-refractivity contribution in [3.63, 3.8) is 0 Å². The first-order chi connectivity index (χ1) is 11.0. The SMILES string of the molecule is CCCn1cc(C(=O)N(CC)CC[Si](C)(C)C(C)(C)C)ccc1=O. The third-order valence-electron chi connectivity index (χ3n) is 5.40. The van der Waals surface area contributed by atoms with Gasteiger partial charge >= 0.3 is 0 Å². The first-order valence-corrected chi connectivity index (χ1v) is 12.2. The van der Waals surface area contributed by atoms with Gasteiger partial charge in [-0.05, 0) is 30.5 Å². The van der Waals surface area contributed by atoms with Crippen LogP contribution in [0.3, 0.4) is 0 Å². The zero-order chi connectivity index (χ0) is 18.5. The number of carbonyl (C=O) groups is 1. The van der Waals surface area contributed by atoms with Crippen LogP contribution in [0.5, 0.6) is 0 Å². The molecule has 5 heteroatoms. The van der Waals surface area contributed by atoms with E-state index in [1.807, 2.05) is 18.7 Å². The number of carbonyl (C=O) groups excluding carboxylic acids is 1. The second-order valence-corrected chi connectivity index (χ2v) is 14.0. The molecule has 0 atom stereocenters. The van der Waals surface area contributed by atoms with Crippen molar-refractivity contribution in [2.45, 2.75) is 71.8 Å². The predicted octanol–water partition coefficient (Wildman–Crippen LogP) is 4.23. The van der Waals surface area contributed by atoms with Gasteiger partial charge < -0.3 is 9.47 Å². The fraction of sp³-hybridized carbons (Fsp3) is 0.684. The lowest BCUT2D eigenvalue weighted by Crippen LogP contribution is -2.42. The topological polar surface area (TPSA) is 42.3 Å². The van der Waals surface area contributed by atoms with Crippen LogP contribution in [0.1, 0.15) is 51.4 Å². The summed E-state index contributed by atoms with van der Waals surface area (Å²) in [6, 6.07) is 4.25. The summed E-state index contributed by atoms with van der Waals surface area (Å²) >= 11 is 0. The summed E-state index contributed by atoms with van der Waals surface area (Å²) in [6.45, 7) is 17.9. The van der Waals surface area contributed by atoms with E-state index < -0.39 is 8.07 Å². The summed E-state index contributed by atoms with van der Waals surface area (Å²) in [7, 11) is -1.41. The van der Waals surface area contributed by atoms with E-state index >= 15 is 0 Å². The van der Waals surface area contributed by atoms with Crippen LogP contribution >= 0.6 is 0 Å². The molecule has 4 nitrogen and oxygen atoms in total. The van der Waals surface area contributed by atoms with E-state index in [4.69, 9.17) is 0 Å². The Balaban J connectivity index is 2.91. The van der Waals surface area contributed by atoms with Crippen LogP contribution in [0.25, 0.3) is 0 Å². The lowest BCUT2D eigenvalue weighted by molar-refractivity contribution is 0.0771. The number of aromatic nitrogens is 1. The number of pyridine rings is 1. The Kier molecular flexibility index (Phi) is 7.02. The van der Waals surface area contributed by atoms with E-state index in [1.165, 1.54) is 6.07 Å². The molecule has 1 aromatic rings. The average Bonchev–Trinajstić information content (AvgIpc) is 2.48. The van der Waals surface area contributed by atoms with Crippen LogP contribution in [0.4, 0.5) is 0 Å². The summed E-state index contributed by atoms with van der Waals surface area (Å²) in [5.74, 6) is 0.0288. The van der Waals surface area contributed by atoms with Gasteiger partial charge in [-0.15, -0.1) is 0 Å². The largest absolute Gasteiger partial charge is 0.339 e. The Hall–Kier alpha value is -1.36. The summed E-state index contributed by atoms with van der Waals surface area (Å²) < 4.78 is 1.63. The molecule has 0 saturated heterocycles. The smallest absolute Gasteiger partial charge is 0.255 e. The molecule has 1 rings (SSSR count). The van der Waals surface area contributed by atoms with Crippen LogP contribution in [0, 0.1) is 0 Å². The molecule has 0 aliphatic heterocycles. The highest BCUT2D eigenvalue weighted by molar-refractivity contribution is 6.80. The Morgan fingerprint density at radius 2 is 1.83 bits per heavy atom. The van der Waals surface area contributed by atoms with E-state index in [9.17, 15) is 9.59 Å². The number of aryl methyl sites for hydroxylation is 1. The Bertz CT molecular complexity index is 615. The molecular formula is C19H34N2O2Si. The summed E-state index contributed by atoms with van der Waals surface area (Å²) in [6.07, 6.45) is 2.59. The molecule has 0 aliphatic carbocycles. The molecule has 0 N–H and O–H groups in total. The van der Waals surface area contributed by atoms with Crippen LogP contribution in [-0.2, 0) is 6.54 Å². The maximum Gasteiger partial charge on any atom is 0.255 e. The second-order valence-electron chi connectivity index (χ2n) is 8.22. The van der Waals surface area contributed by atoms with Gasteiger partial charge in [0.2, 0.25) is 0 Å². The molecule has 1 aromatic heterocycles. The molecule has 136 valence electrons. The normalized spacial score (nSPS) is 12.3. The van der Waals surface area contributed by atoms with Gasteiger partial charge in [-0.2, -0.15) is 0 Å². The van der Waals surface area contributed by atoms with E-state index in [2.05, 4.69) is 33.9 Å². The maximum absolute atomic E-state index is 12.8. The second kappa shape index (κ2) is 8.14. The summed E-state index contributed by atoms with van der Waals surface area (Å²) in [4.78, 5) is 26.6. The fourth-order valence-corrected chi connectivity index (χ4v) is 4.03. The summed E-state index contributed by atoms with van der Waals surface area (Å²) in [5, 5.41) is 0.323. The minimum absolute atomic E-state index is 0.0288. The van der Waals surface area contributed by atoms with Crippen molar-refractivity contribution >= 4 is 14.0 Å². The van der Waals surface area contributed by atoms with Crippen molar-refractivity contribution in [1.82, 2.24) is 9.47 Å². The quantitative estimate of drug-likeness (QED) is 0.691. The highest BCUT2D eigenvalue weighted by Gasteiger charge is 2.35. The zero-order valence-corrected chi connectivity index (χ0v) is 17.5. The van der Waals surface area contributed by atoms with Gasteiger partial charge in [0.15, 0.2) is 0 Å². The molecule has 0 unspecified atom stereocenters. The standard InChI is InChI=1S/C19H34N2O2Si/c1-8-12-21-15-16(10-11-17(21)22)18(23)20(9-2)13-14-24(6,7)19(3,4)5/h10-11,15H,8-9,12-14H2,1-7H3. The highest BCUT2D eigenvalue weighted by Crippen LogP contribution is 2.38. The first-order valence-electron chi connectivity index (χ1n) is 9.03. The molecule has 0 aromatic carbocycles. The highest BCUT2D eigenvalue weighted by atomic mass is 28.3. The molecule has 24 heavy (non-hydrogen) atoms. The van der Waals surface area contributed by atoms with Gasteiger partial charge in [0.25, 0.3) is 11.5 Å². The molecule has 1 amide bonds. The van der Waals surface area contributed by atoms with E-state index in [-0.39, 0.29) is 11.5 Å². The molecule has 0 bridgehead atoms. The van der Waals surface area contributed by atoms with Crippen LogP contribution < -0.4 is 5.56 Å². The maximum atomic E-state index is 12.8. The van der Waals surface area contributed by atoms with Gasteiger partial charge in [0.1, 0.15) is 0 Å². The number of rotatable bonds is 7. The molecule has 0 saturated carbocycles. The van der Waals surface area contributed by atoms with Crippen molar-refractivity contribution in [2.24, 2.45) is 0 Å². The first kappa shape index (κ1) is 20.7. The van der Waals surface area contributed by atoms with Crippen LogP contribution in [-0.4, -0.2) is 36.5 Å². The van der Waals surface area contributed by atoms with Gasteiger partial charge in [0, 0.05) is 31.9 Å². The lowest BCUT2D eigenvalue weighted by atomic mass is 10.2. The Morgan fingerprint density at radius 3 is 2.33 bits per heavy atom. The molecule has 0 fully saturated rings.